The van der Waals surface area contributed by atoms with Crippen LogP contribution in [-0.2, 0) is 9.59 Å². The molecule has 0 aromatic heterocycles. The third-order valence-corrected chi connectivity index (χ3v) is 3.41. The van der Waals surface area contributed by atoms with Crippen LogP contribution in [-0.4, -0.2) is 35.1 Å². The highest BCUT2D eigenvalue weighted by Gasteiger charge is 2.43. The fraction of sp³-hybridized carbons (Fsp3) is 0.875. The lowest BCUT2D eigenvalue weighted by atomic mass is 10.0. The highest BCUT2D eigenvalue weighted by molar-refractivity contribution is 5.92. The molecule has 0 aliphatic rings. The van der Waals surface area contributed by atoms with Crippen LogP contribution in [0.2, 0.25) is 0 Å². The summed E-state index contributed by atoms with van der Waals surface area (Å²) < 4.78 is 27.5. The zero-order valence-electron chi connectivity index (χ0n) is 14.7. The van der Waals surface area contributed by atoms with Crippen molar-refractivity contribution in [3.63, 3.8) is 0 Å². The fourth-order valence-electron chi connectivity index (χ4n) is 1.86. The summed E-state index contributed by atoms with van der Waals surface area (Å²) >= 11 is 0. The van der Waals surface area contributed by atoms with E-state index in [1.807, 2.05) is 27.7 Å². The van der Waals surface area contributed by atoms with Crippen molar-refractivity contribution in [2.45, 2.75) is 71.9 Å². The molecule has 1 unspecified atom stereocenters. The molecule has 0 aromatic rings. The van der Waals surface area contributed by atoms with Gasteiger partial charge in [-0.05, 0) is 31.6 Å². The summed E-state index contributed by atoms with van der Waals surface area (Å²) in [7, 11) is 0. The van der Waals surface area contributed by atoms with Gasteiger partial charge in [0, 0.05) is 13.0 Å². The molecule has 0 aliphatic carbocycles. The largest absolute Gasteiger partial charge is 0.363 e. The monoisotopic (exact) mass is 336 g/mol. The van der Waals surface area contributed by atoms with E-state index in [4.69, 9.17) is 0 Å². The Morgan fingerprint density at radius 1 is 1.04 bits per heavy atom. The van der Waals surface area contributed by atoms with Crippen molar-refractivity contribution in [1.82, 2.24) is 10.6 Å². The van der Waals surface area contributed by atoms with Crippen molar-refractivity contribution in [3.8, 4) is 0 Å². The second kappa shape index (κ2) is 9.15. The van der Waals surface area contributed by atoms with Crippen LogP contribution < -0.4 is 10.6 Å². The molecular weight excluding hydrogens is 306 g/mol. The zero-order chi connectivity index (χ0) is 18.3. The molecular formula is C16H30F2N2O3. The predicted octanol–water partition coefficient (Wildman–Crippen LogP) is 2.43. The van der Waals surface area contributed by atoms with Crippen molar-refractivity contribution in [1.29, 1.82) is 0 Å². The number of rotatable bonds is 10. The van der Waals surface area contributed by atoms with Crippen LogP contribution >= 0.6 is 0 Å². The molecule has 2 amide bonds. The van der Waals surface area contributed by atoms with E-state index in [0.29, 0.717) is 25.3 Å². The van der Waals surface area contributed by atoms with Crippen LogP contribution in [0.1, 0.15) is 60.3 Å². The molecule has 3 N–H and O–H groups in total. The van der Waals surface area contributed by atoms with Gasteiger partial charge in [-0.2, -0.15) is 8.78 Å². The first-order valence-electron chi connectivity index (χ1n) is 8.09. The molecule has 0 fully saturated rings. The predicted molar refractivity (Wildman–Crippen MR) is 84.9 cm³/mol. The smallest absolute Gasteiger partial charge is 0.324 e. The number of alkyl halides is 2. The Balaban J connectivity index is 4.50. The van der Waals surface area contributed by atoms with Gasteiger partial charge >= 0.3 is 5.92 Å². The molecule has 0 rings (SSSR count). The van der Waals surface area contributed by atoms with Gasteiger partial charge in [-0.3, -0.25) is 9.59 Å². The van der Waals surface area contributed by atoms with E-state index < -0.39 is 29.9 Å². The number of halogens is 2. The molecule has 0 aliphatic heterocycles. The fourth-order valence-corrected chi connectivity index (χ4v) is 1.86. The molecule has 23 heavy (non-hydrogen) atoms. The van der Waals surface area contributed by atoms with Gasteiger partial charge in [0.15, 0.2) is 0 Å². The average molecular weight is 336 g/mol. The second-order valence-electron chi connectivity index (χ2n) is 6.96. The van der Waals surface area contributed by atoms with E-state index in [1.54, 1.807) is 5.32 Å². The first kappa shape index (κ1) is 21.8. The average Bonchev–Trinajstić information content (AvgIpc) is 2.36. The van der Waals surface area contributed by atoms with Gasteiger partial charge in [0.25, 0.3) is 11.8 Å². The summed E-state index contributed by atoms with van der Waals surface area (Å²) in [5.41, 5.74) is -2.37. The second-order valence-corrected chi connectivity index (χ2v) is 6.96. The van der Waals surface area contributed by atoms with Gasteiger partial charge < -0.3 is 15.7 Å². The number of hydrogen-bond acceptors (Lipinski definition) is 3. The molecule has 136 valence electrons. The van der Waals surface area contributed by atoms with Crippen molar-refractivity contribution < 1.29 is 23.5 Å². The van der Waals surface area contributed by atoms with E-state index in [0.717, 1.165) is 6.92 Å². The lowest BCUT2D eigenvalue weighted by molar-refractivity contribution is -0.160. The van der Waals surface area contributed by atoms with Gasteiger partial charge in [-0.15, -0.1) is 0 Å². The summed E-state index contributed by atoms with van der Waals surface area (Å²) in [5.74, 6) is -5.53. The Labute approximate surface area is 137 Å². The van der Waals surface area contributed by atoms with E-state index >= 15 is 0 Å². The number of aliphatic hydroxyl groups is 1. The minimum absolute atomic E-state index is 0.195. The van der Waals surface area contributed by atoms with Gasteiger partial charge in [0.05, 0.1) is 0 Å². The third-order valence-electron chi connectivity index (χ3n) is 3.41. The summed E-state index contributed by atoms with van der Waals surface area (Å²) in [6.45, 7) is 9.02. The number of carbonyl (C=O) groups excluding carboxylic acids is 2. The SMILES string of the molecule is CC(C)CCCC(F)(F)C(=O)NC(C)(O)C(=O)NCCC(C)C. The lowest BCUT2D eigenvalue weighted by Gasteiger charge is -2.26. The number of amides is 2. The Morgan fingerprint density at radius 2 is 1.57 bits per heavy atom. The maximum absolute atomic E-state index is 13.8. The molecule has 7 heteroatoms. The molecule has 0 heterocycles. The molecule has 0 saturated carbocycles. The molecule has 0 saturated heterocycles. The zero-order valence-corrected chi connectivity index (χ0v) is 14.7. The van der Waals surface area contributed by atoms with Crippen LogP contribution in [0, 0.1) is 11.8 Å². The number of carbonyl (C=O) groups is 2. The normalized spacial score (nSPS) is 14.7. The standard InChI is InChI=1S/C16H30F2N2O3/c1-11(2)7-6-9-16(17,18)14(22)20-15(5,23)13(21)19-10-8-12(3)4/h11-12,23H,6-10H2,1-5H3,(H,19,21)(H,20,22). The van der Waals surface area contributed by atoms with Crippen LogP contribution in [0.3, 0.4) is 0 Å². The van der Waals surface area contributed by atoms with E-state index in [9.17, 15) is 23.5 Å². The molecule has 0 spiro atoms. The summed E-state index contributed by atoms with van der Waals surface area (Å²) in [4.78, 5) is 23.4. The highest BCUT2D eigenvalue weighted by Crippen LogP contribution is 2.23. The molecule has 1 atom stereocenters. The van der Waals surface area contributed by atoms with Crippen LogP contribution in [0.5, 0.6) is 0 Å². The Morgan fingerprint density at radius 3 is 2.04 bits per heavy atom. The van der Waals surface area contributed by atoms with Gasteiger partial charge in [-0.1, -0.05) is 34.1 Å². The topological polar surface area (TPSA) is 78.4 Å². The van der Waals surface area contributed by atoms with Crippen molar-refractivity contribution in [3.05, 3.63) is 0 Å². The Kier molecular flexibility index (Phi) is 8.66. The summed E-state index contributed by atoms with van der Waals surface area (Å²) in [5, 5.41) is 14.1. The lowest BCUT2D eigenvalue weighted by Crippen LogP contribution is -2.60. The molecule has 0 radical (unpaired) electrons. The summed E-state index contributed by atoms with van der Waals surface area (Å²) in [6.07, 6.45) is 0.846. The summed E-state index contributed by atoms with van der Waals surface area (Å²) in [6, 6.07) is 0. The van der Waals surface area contributed by atoms with Crippen LogP contribution in [0.25, 0.3) is 0 Å². The van der Waals surface area contributed by atoms with Gasteiger partial charge in [-0.25, -0.2) is 0 Å². The Hall–Kier alpha value is -1.24. The number of nitrogens with one attached hydrogen (secondary N) is 2. The molecule has 0 bridgehead atoms. The quantitative estimate of drug-likeness (QED) is 0.536. The van der Waals surface area contributed by atoms with Crippen molar-refractivity contribution in [2.24, 2.45) is 11.8 Å². The minimum Gasteiger partial charge on any atom is -0.363 e. The maximum Gasteiger partial charge on any atom is 0.324 e. The van der Waals surface area contributed by atoms with Crippen LogP contribution in [0.15, 0.2) is 0 Å². The van der Waals surface area contributed by atoms with Crippen molar-refractivity contribution >= 4 is 11.8 Å². The van der Waals surface area contributed by atoms with E-state index in [-0.39, 0.29) is 12.3 Å². The molecule has 5 nitrogen and oxygen atoms in total. The van der Waals surface area contributed by atoms with Crippen LogP contribution in [0.4, 0.5) is 8.78 Å². The number of hydrogen-bond donors (Lipinski definition) is 3. The van der Waals surface area contributed by atoms with E-state index in [2.05, 4.69) is 5.32 Å². The Bertz CT molecular complexity index is 397. The maximum atomic E-state index is 13.8. The third kappa shape index (κ3) is 8.83. The highest BCUT2D eigenvalue weighted by atomic mass is 19.3. The molecule has 0 aromatic carbocycles. The first-order chi connectivity index (χ1) is 10.4. The van der Waals surface area contributed by atoms with Gasteiger partial charge in [0.1, 0.15) is 0 Å². The minimum atomic E-state index is -3.61. The van der Waals surface area contributed by atoms with Gasteiger partial charge in [0.2, 0.25) is 5.72 Å². The van der Waals surface area contributed by atoms with Crippen molar-refractivity contribution in [2.75, 3.05) is 6.54 Å². The first-order valence-corrected chi connectivity index (χ1v) is 8.09. The van der Waals surface area contributed by atoms with E-state index in [1.165, 1.54) is 0 Å².